The molecule has 0 spiro atoms. The molecule has 6 nitrogen and oxygen atoms in total. The molecule has 0 aliphatic rings. The van der Waals surface area contributed by atoms with Gasteiger partial charge in [-0.3, -0.25) is 4.79 Å². The Bertz CT molecular complexity index is 681. The third-order valence-corrected chi connectivity index (χ3v) is 5.03. The van der Waals surface area contributed by atoms with Crippen LogP contribution in [-0.4, -0.2) is 32.2 Å². The first-order chi connectivity index (χ1) is 10.7. The minimum absolute atomic E-state index is 0.0391. The number of carbonyl (C=O) groups excluding carboxylic acids is 1. The van der Waals surface area contributed by atoms with Gasteiger partial charge in [0.05, 0.1) is 10.7 Å². The molecule has 2 aromatic rings. The maximum absolute atomic E-state index is 12.4. The van der Waals surface area contributed by atoms with Gasteiger partial charge in [-0.05, 0) is 6.92 Å². The van der Waals surface area contributed by atoms with E-state index in [0.29, 0.717) is 23.9 Å². The van der Waals surface area contributed by atoms with Crippen molar-refractivity contribution >= 4 is 17.2 Å². The standard InChI is InChI=1S/C16H25N5OS/c1-10(2)13-20-18-9-21(13)8-7-17-14(22)12-11(3)19-15(23-12)16(4,5)6/h9-10H,7-8H2,1-6H3,(H,17,22). The lowest BCUT2D eigenvalue weighted by Crippen LogP contribution is -2.27. The largest absolute Gasteiger partial charge is 0.349 e. The molecule has 2 aromatic heterocycles. The predicted octanol–water partition coefficient (Wildman–Crippen LogP) is 2.89. The van der Waals surface area contributed by atoms with Gasteiger partial charge in [-0.15, -0.1) is 21.5 Å². The molecule has 0 aromatic carbocycles. The quantitative estimate of drug-likeness (QED) is 0.912. The van der Waals surface area contributed by atoms with E-state index in [0.717, 1.165) is 16.5 Å². The van der Waals surface area contributed by atoms with Gasteiger partial charge < -0.3 is 9.88 Å². The Morgan fingerprint density at radius 2 is 2.09 bits per heavy atom. The molecule has 0 fully saturated rings. The molecule has 126 valence electrons. The van der Waals surface area contributed by atoms with E-state index in [1.54, 1.807) is 6.33 Å². The van der Waals surface area contributed by atoms with Crippen LogP contribution in [0.5, 0.6) is 0 Å². The molecule has 2 rings (SSSR count). The van der Waals surface area contributed by atoms with Crippen molar-refractivity contribution in [2.45, 2.75) is 59.4 Å². The molecule has 7 heteroatoms. The summed E-state index contributed by atoms with van der Waals surface area (Å²) in [6.45, 7) is 13.6. The van der Waals surface area contributed by atoms with Crippen LogP contribution in [0.3, 0.4) is 0 Å². The summed E-state index contributed by atoms with van der Waals surface area (Å²) in [7, 11) is 0. The van der Waals surface area contributed by atoms with E-state index in [2.05, 4.69) is 55.1 Å². The van der Waals surface area contributed by atoms with Gasteiger partial charge in [0.15, 0.2) is 0 Å². The normalized spacial score (nSPS) is 12.0. The molecule has 1 amide bonds. The zero-order valence-corrected chi connectivity index (χ0v) is 15.5. The van der Waals surface area contributed by atoms with Gasteiger partial charge in [0, 0.05) is 24.4 Å². The maximum Gasteiger partial charge on any atom is 0.263 e. The molecule has 23 heavy (non-hydrogen) atoms. The minimum atomic E-state index is -0.0605. The SMILES string of the molecule is Cc1nc(C(C)(C)C)sc1C(=O)NCCn1cnnc1C(C)C. The number of aromatic nitrogens is 4. The van der Waals surface area contributed by atoms with Crippen LogP contribution >= 0.6 is 11.3 Å². The Hall–Kier alpha value is -1.76. The summed E-state index contributed by atoms with van der Waals surface area (Å²) in [5, 5.41) is 12.0. The first kappa shape index (κ1) is 17.6. The smallest absolute Gasteiger partial charge is 0.263 e. The van der Waals surface area contributed by atoms with Gasteiger partial charge in [0.25, 0.3) is 5.91 Å². The highest BCUT2D eigenvalue weighted by molar-refractivity contribution is 7.14. The van der Waals surface area contributed by atoms with E-state index in [4.69, 9.17) is 0 Å². The van der Waals surface area contributed by atoms with Crippen LogP contribution in [0.25, 0.3) is 0 Å². The lowest BCUT2D eigenvalue weighted by Gasteiger charge is -2.13. The van der Waals surface area contributed by atoms with Crippen LogP contribution < -0.4 is 5.32 Å². The summed E-state index contributed by atoms with van der Waals surface area (Å²) < 4.78 is 1.98. The van der Waals surface area contributed by atoms with E-state index >= 15 is 0 Å². The van der Waals surface area contributed by atoms with Crippen molar-refractivity contribution in [3.8, 4) is 0 Å². The number of rotatable bonds is 5. The van der Waals surface area contributed by atoms with Crippen molar-refractivity contribution in [1.29, 1.82) is 0 Å². The van der Waals surface area contributed by atoms with Gasteiger partial charge in [0.2, 0.25) is 0 Å². The molecule has 0 saturated carbocycles. The number of nitrogens with one attached hydrogen (secondary N) is 1. The summed E-state index contributed by atoms with van der Waals surface area (Å²) in [6, 6.07) is 0. The lowest BCUT2D eigenvalue weighted by atomic mass is 9.98. The second-order valence-electron chi connectivity index (χ2n) is 6.98. The maximum atomic E-state index is 12.4. The topological polar surface area (TPSA) is 72.7 Å². The zero-order valence-electron chi connectivity index (χ0n) is 14.7. The second-order valence-corrected chi connectivity index (χ2v) is 7.98. The van der Waals surface area contributed by atoms with Crippen LogP contribution in [0.15, 0.2) is 6.33 Å². The summed E-state index contributed by atoms with van der Waals surface area (Å²) in [5.41, 5.74) is 0.757. The highest BCUT2D eigenvalue weighted by Gasteiger charge is 2.22. The zero-order chi connectivity index (χ0) is 17.2. The number of hydrogen-bond acceptors (Lipinski definition) is 5. The Balaban J connectivity index is 1.98. The first-order valence-electron chi connectivity index (χ1n) is 7.84. The van der Waals surface area contributed by atoms with Crippen molar-refractivity contribution < 1.29 is 4.79 Å². The number of thiazole rings is 1. The summed E-state index contributed by atoms with van der Waals surface area (Å²) >= 11 is 1.48. The third-order valence-electron chi connectivity index (χ3n) is 3.44. The molecule has 0 aliphatic heterocycles. The molecule has 1 N–H and O–H groups in total. The highest BCUT2D eigenvalue weighted by Crippen LogP contribution is 2.29. The fourth-order valence-corrected chi connectivity index (χ4v) is 3.22. The van der Waals surface area contributed by atoms with Crippen LogP contribution in [0.2, 0.25) is 0 Å². The third kappa shape index (κ3) is 4.16. The Kier molecular flexibility index (Phi) is 5.19. The average Bonchev–Trinajstić information content (AvgIpc) is 3.04. The molecule has 0 radical (unpaired) electrons. The van der Waals surface area contributed by atoms with E-state index < -0.39 is 0 Å². The number of hydrogen-bond donors (Lipinski definition) is 1. The second kappa shape index (κ2) is 6.78. The number of nitrogens with zero attached hydrogens (tertiary/aromatic N) is 4. The van der Waals surface area contributed by atoms with E-state index in [9.17, 15) is 4.79 Å². The Morgan fingerprint density at radius 1 is 1.39 bits per heavy atom. The predicted molar refractivity (Wildman–Crippen MR) is 92.0 cm³/mol. The molecule has 0 atom stereocenters. The van der Waals surface area contributed by atoms with Crippen LogP contribution in [-0.2, 0) is 12.0 Å². The van der Waals surface area contributed by atoms with Crippen molar-refractivity contribution in [3.05, 3.63) is 27.7 Å². The van der Waals surface area contributed by atoms with Crippen LogP contribution in [0.1, 0.15) is 66.7 Å². The van der Waals surface area contributed by atoms with E-state index in [1.165, 1.54) is 11.3 Å². The minimum Gasteiger partial charge on any atom is -0.349 e. The Morgan fingerprint density at radius 3 is 2.65 bits per heavy atom. The lowest BCUT2D eigenvalue weighted by molar-refractivity contribution is 0.0955. The number of carbonyl (C=O) groups is 1. The van der Waals surface area contributed by atoms with Crippen LogP contribution in [0, 0.1) is 6.92 Å². The van der Waals surface area contributed by atoms with E-state index in [-0.39, 0.29) is 11.3 Å². The van der Waals surface area contributed by atoms with Crippen molar-refractivity contribution in [2.75, 3.05) is 6.54 Å². The molecule has 0 unspecified atom stereocenters. The monoisotopic (exact) mass is 335 g/mol. The average molecular weight is 335 g/mol. The van der Waals surface area contributed by atoms with Gasteiger partial charge in [-0.25, -0.2) is 4.98 Å². The van der Waals surface area contributed by atoms with Gasteiger partial charge in [-0.1, -0.05) is 34.6 Å². The molecular weight excluding hydrogens is 310 g/mol. The van der Waals surface area contributed by atoms with Crippen molar-refractivity contribution in [2.24, 2.45) is 0 Å². The first-order valence-corrected chi connectivity index (χ1v) is 8.65. The number of aryl methyl sites for hydroxylation is 1. The van der Waals surface area contributed by atoms with Gasteiger partial charge >= 0.3 is 0 Å². The van der Waals surface area contributed by atoms with Crippen LogP contribution in [0.4, 0.5) is 0 Å². The van der Waals surface area contributed by atoms with Crippen molar-refractivity contribution in [3.63, 3.8) is 0 Å². The van der Waals surface area contributed by atoms with Gasteiger partial charge in [-0.2, -0.15) is 0 Å². The van der Waals surface area contributed by atoms with E-state index in [1.807, 2.05) is 11.5 Å². The molecule has 0 saturated heterocycles. The molecule has 2 heterocycles. The Labute approximate surface area is 141 Å². The highest BCUT2D eigenvalue weighted by atomic mass is 32.1. The van der Waals surface area contributed by atoms with Gasteiger partial charge in [0.1, 0.15) is 17.0 Å². The molecule has 0 aliphatic carbocycles. The molecule has 0 bridgehead atoms. The number of amides is 1. The fraction of sp³-hybridized carbons (Fsp3) is 0.625. The summed E-state index contributed by atoms with van der Waals surface area (Å²) in [5.74, 6) is 1.18. The summed E-state index contributed by atoms with van der Waals surface area (Å²) in [6.07, 6.45) is 1.71. The fourth-order valence-electron chi connectivity index (χ4n) is 2.18. The summed E-state index contributed by atoms with van der Waals surface area (Å²) in [4.78, 5) is 17.6. The molecular formula is C16H25N5OS. The van der Waals surface area contributed by atoms with Crippen molar-refractivity contribution in [1.82, 2.24) is 25.1 Å².